The van der Waals surface area contributed by atoms with Gasteiger partial charge in [-0.2, -0.15) is 0 Å². The molecule has 0 bridgehead atoms. The number of carbonyl (C=O) groups is 3. The van der Waals surface area contributed by atoms with Crippen LogP contribution in [-0.4, -0.2) is 54.4 Å². The van der Waals surface area contributed by atoms with E-state index >= 15 is 0 Å². The number of aromatic nitrogens is 1. The normalized spacial score (nSPS) is 12.8. The van der Waals surface area contributed by atoms with Crippen LogP contribution in [-0.2, 0) is 20.8 Å². The summed E-state index contributed by atoms with van der Waals surface area (Å²) in [5, 5.41) is 14.2. The second-order valence-electron chi connectivity index (χ2n) is 8.01. The van der Waals surface area contributed by atoms with Gasteiger partial charge in [-0.15, -0.1) is 0 Å². The van der Waals surface area contributed by atoms with E-state index in [0.717, 1.165) is 22.3 Å². The first-order chi connectivity index (χ1) is 17.0. The predicted octanol–water partition coefficient (Wildman–Crippen LogP) is 2.95. The lowest BCUT2D eigenvalue weighted by Crippen LogP contribution is -2.43. The van der Waals surface area contributed by atoms with E-state index in [2.05, 4.69) is 27.8 Å². The average molecular weight is 476 g/mol. The summed E-state index contributed by atoms with van der Waals surface area (Å²) in [5.41, 5.74) is 5.05. The number of fused-ring (bicyclic) bond motifs is 3. The zero-order valence-electron chi connectivity index (χ0n) is 19.1. The Morgan fingerprint density at radius 1 is 0.971 bits per heavy atom. The van der Waals surface area contributed by atoms with Gasteiger partial charge in [0.2, 0.25) is 0 Å². The smallest absolute Gasteiger partial charge is 0.407 e. The van der Waals surface area contributed by atoms with Crippen LogP contribution in [0.3, 0.4) is 0 Å². The fraction of sp³-hybridized carbons (Fsp3) is 0.231. The summed E-state index contributed by atoms with van der Waals surface area (Å²) >= 11 is 0. The number of benzene rings is 2. The minimum absolute atomic E-state index is 0.0594. The molecule has 2 amide bonds. The van der Waals surface area contributed by atoms with Crippen molar-refractivity contribution in [2.24, 2.45) is 0 Å². The van der Waals surface area contributed by atoms with Gasteiger partial charge in [0.05, 0.1) is 6.54 Å². The number of amides is 2. The maximum absolute atomic E-state index is 12.4. The number of pyridine rings is 1. The highest BCUT2D eigenvalue weighted by atomic mass is 16.5. The van der Waals surface area contributed by atoms with Gasteiger partial charge in [-0.3, -0.25) is 4.79 Å². The molecule has 1 aliphatic rings. The number of methoxy groups -OCH3 is 1. The molecule has 9 heteroatoms. The van der Waals surface area contributed by atoms with Crippen molar-refractivity contribution in [2.75, 3.05) is 20.3 Å². The quantitative estimate of drug-likeness (QED) is 0.434. The molecule has 4 rings (SSSR count). The minimum atomic E-state index is -1.13. The number of nitrogens with zero attached hydrogens (tertiary/aromatic N) is 1. The summed E-state index contributed by atoms with van der Waals surface area (Å²) in [6.45, 7) is 0.231. The van der Waals surface area contributed by atoms with E-state index in [9.17, 15) is 14.4 Å². The van der Waals surface area contributed by atoms with Crippen LogP contribution in [0.15, 0.2) is 66.9 Å². The SMILES string of the molecule is COC(CNC(=O)OCC1c2ccccc2-c2ccccc21)C(=O)NCc1ccc(C(=O)O)nc1. The van der Waals surface area contributed by atoms with E-state index in [1.807, 2.05) is 36.4 Å². The number of alkyl carbamates (subject to hydrolysis) is 1. The molecule has 3 aromatic rings. The molecule has 0 saturated heterocycles. The second kappa shape index (κ2) is 10.8. The number of ether oxygens (including phenoxy) is 2. The number of hydrogen-bond acceptors (Lipinski definition) is 6. The molecule has 1 heterocycles. The molecule has 0 radical (unpaired) electrons. The van der Waals surface area contributed by atoms with Crippen LogP contribution in [0.5, 0.6) is 0 Å². The number of nitrogens with one attached hydrogen (secondary N) is 2. The van der Waals surface area contributed by atoms with Crippen LogP contribution in [0.2, 0.25) is 0 Å². The van der Waals surface area contributed by atoms with Crippen molar-refractivity contribution >= 4 is 18.0 Å². The summed E-state index contributed by atoms with van der Waals surface area (Å²) in [5.74, 6) is -1.62. The van der Waals surface area contributed by atoms with Crippen LogP contribution in [0.1, 0.15) is 33.1 Å². The van der Waals surface area contributed by atoms with E-state index in [4.69, 9.17) is 14.6 Å². The Bertz CT molecular complexity index is 1180. The lowest BCUT2D eigenvalue weighted by atomic mass is 9.98. The number of rotatable bonds is 9. The summed E-state index contributed by atoms with van der Waals surface area (Å²) < 4.78 is 10.7. The fourth-order valence-electron chi connectivity index (χ4n) is 4.07. The Morgan fingerprint density at radius 3 is 2.20 bits per heavy atom. The fourth-order valence-corrected chi connectivity index (χ4v) is 4.07. The molecule has 1 aliphatic carbocycles. The highest BCUT2D eigenvalue weighted by molar-refractivity contribution is 5.85. The van der Waals surface area contributed by atoms with Crippen LogP contribution >= 0.6 is 0 Å². The number of carboxylic acids is 1. The lowest BCUT2D eigenvalue weighted by Gasteiger charge is -2.17. The molecule has 180 valence electrons. The Kier molecular flexibility index (Phi) is 7.37. The lowest BCUT2D eigenvalue weighted by molar-refractivity contribution is -0.130. The molecular formula is C26H25N3O6. The Hall–Kier alpha value is -4.24. The topological polar surface area (TPSA) is 127 Å². The summed E-state index contributed by atoms with van der Waals surface area (Å²) in [6.07, 6.45) is -0.197. The van der Waals surface area contributed by atoms with E-state index in [1.54, 1.807) is 6.07 Å². The van der Waals surface area contributed by atoms with Crippen molar-refractivity contribution in [1.29, 1.82) is 0 Å². The maximum atomic E-state index is 12.4. The zero-order valence-corrected chi connectivity index (χ0v) is 19.1. The van der Waals surface area contributed by atoms with Crippen molar-refractivity contribution in [1.82, 2.24) is 15.6 Å². The maximum Gasteiger partial charge on any atom is 0.407 e. The number of aromatic carboxylic acids is 1. The second-order valence-corrected chi connectivity index (χ2v) is 8.01. The van der Waals surface area contributed by atoms with Crippen LogP contribution in [0.25, 0.3) is 11.1 Å². The molecule has 0 spiro atoms. The van der Waals surface area contributed by atoms with Gasteiger partial charge < -0.3 is 25.2 Å². The van der Waals surface area contributed by atoms with Gasteiger partial charge in [0, 0.05) is 25.8 Å². The van der Waals surface area contributed by atoms with E-state index in [-0.39, 0.29) is 31.3 Å². The highest BCUT2D eigenvalue weighted by Crippen LogP contribution is 2.44. The van der Waals surface area contributed by atoms with Crippen molar-refractivity contribution in [2.45, 2.75) is 18.6 Å². The van der Waals surface area contributed by atoms with Crippen LogP contribution in [0, 0.1) is 0 Å². The Labute approximate surface area is 202 Å². The molecule has 1 unspecified atom stereocenters. The molecule has 0 aliphatic heterocycles. The number of carboxylic acid groups (broad SMARTS) is 1. The van der Waals surface area contributed by atoms with E-state index in [0.29, 0.717) is 5.56 Å². The highest BCUT2D eigenvalue weighted by Gasteiger charge is 2.29. The zero-order chi connectivity index (χ0) is 24.8. The van der Waals surface area contributed by atoms with Gasteiger partial charge in [0.25, 0.3) is 5.91 Å². The minimum Gasteiger partial charge on any atom is -0.477 e. The van der Waals surface area contributed by atoms with Crippen molar-refractivity contribution in [3.05, 3.63) is 89.2 Å². The van der Waals surface area contributed by atoms with Gasteiger partial charge in [0.1, 0.15) is 12.3 Å². The summed E-state index contributed by atoms with van der Waals surface area (Å²) in [7, 11) is 1.37. The predicted molar refractivity (Wildman–Crippen MR) is 127 cm³/mol. The largest absolute Gasteiger partial charge is 0.477 e. The average Bonchev–Trinajstić information content (AvgIpc) is 3.20. The molecule has 9 nitrogen and oxygen atoms in total. The molecule has 0 saturated carbocycles. The molecule has 3 N–H and O–H groups in total. The summed E-state index contributed by atoms with van der Waals surface area (Å²) in [6, 6.07) is 19.0. The molecule has 1 aromatic heterocycles. The molecule has 1 atom stereocenters. The number of hydrogen-bond donors (Lipinski definition) is 3. The molecular weight excluding hydrogens is 450 g/mol. The number of carbonyl (C=O) groups excluding carboxylic acids is 2. The van der Waals surface area contributed by atoms with Gasteiger partial charge in [-0.25, -0.2) is 14.6 Å². The monoisotopic (exact) mass is 475 g/mol. The molecule has 0 fully saturated rings. The van der Waals surface area contributed by atoms with Crippen LogP contribution in [0.4, 0.5) is 4.79 Å². The summed E-state index contributed by atoms with van der Waals surface area (Å²) in [4.78, 5) is 39.5. The van der Waals surface area contributed by atoms with Crippen LogP contribution < -0.4 is 10.6 Å². The standard InChI is InChI=1S/C26H25N3O6/c1-34-23(24(30)28-13-16-10-11-22(25(31)32)27-12-16)14-29-26(33)35-15-21-19-8-4-2-6-17(19)18-7-3-5-9-20(18)21/h2-12,21,23H,13-15H2,1H3,(H,28,30)(H,29,33)(H,31,32). The molecule has 35 heavy (non-hydrogen) atoms. The first kappa shape index (κ1) is 23.9. The Balaban J connectivity index is 1.27. The molecule has 2 aromatic carbocycles. The van der Waals surface area contributed by atoms with Crippen molar-refractivity contribution in [3.63, 3.8) is 0 Å². The third-order valence-corrected chi connectivity index (χ3v) is 5.86. The van der Waals surface area contributed by atoms with Gasteiger partial charge in [-0.1, -0.05) is 54.6 Å². The van der Waals surface area contributed by atoms with E-state index < -0.39 is 24.1 Å². The van der Waals surface area contributed by atoms with Crippen molar-refractivity contribution < 1.29 is 29.0 Å². The third kappa shape index (κ3) is 5.47. The third-order valence-electron chi connectivity index (χ3n) is 5.86. The first-order valence-electron chi connectivity index (χ1n) is 11.1. The first-order valence-corrected chi connectivity index (χ1v) is 11.1. The van der Waals surface area contributed by atoms with E-state index in [1.165, 1.54) is 19.4 Å². The van der Waals surface area contributed by atoms with Gasteiger partial charge >= 0.3 is 12.1 Å². The van der Waals surface area contributed by atoms with Gasteiger partial charge in [0.15, 0.2) is 6.10 Å². The van der Waals surface area contributed by atoms with Crippen molar-refractivity contribution in [3.8, 4) is 11.1 Å². The Morgan fingerprint density at radius 2 is 1.63 bits per heavy atom. The van der Waals surface area contributed by atoms with Gasteiger partial charge in [-0.05, 0) is 33.9 Å².